The van der Waals surface area contributed by atoms with Gasteiger partial charge in [0.1, 0.15) is 11.0 Å². The minimum Gasteiger partial charge on any atom is -0.265 e. The molecule has 0 fully saturated rings. The lowest BCUT2D eigenvalue weighted by Gasteiger charge is -2.19. The van der Waals surface area contributed by atoms with Gasteiger partial charge in [0, 0.05) is 29.8 Å². The zero-order chi connectivity index (χ0) is 14.0. The SMILES string of the molecule is Cc1c(Cl)nc(C(C)(C)C)nc1Cc1ccncc1. The van der Waals surface area contributed by atoms with E-state index in [2.05, 4.69) is 35.7 Å². The van der Waals surface area contributed by atoms with E-state index in [1.54, 1.807) is 12.4 Å². The maximum atomic E-state index is 6.23. The van der Waals surface area contributed by atoms with Crippen LogP contribution in [0.1, 0.15) is 43.4 Å². The molecular formula is C15H18ClN3. The first-order valence-electron chi connectivity index (χ1n) is 6.30. The maximum Gasteiger partial charge on any atom is 0.135 e. The molecule has 0 N–H and O–H groups in total. The van der Waals surface area contributed by atoms with Crippen LogP contribution in [0.25, 0.3) is 0 Å². The second kappa shape index (κ2) is 5.25. The summed E-state index contributed by atoms with van der Waals surface area (Å²) < 4.78 is 0. The molecule has 100 valence electrons. The van der Waals surface area contributed by atoms with Crippen LogP contribution in [0.4, 0.5) is 0 Å². The number of nitrogens with zero attached hydrogens (tertiary/aromatic N) is 3. The first-order valence-corrected chi connectivity index (χ1v) is 6.68. The summed E-state index contributed by atoms with van der Waals surface area (Å²) in [5.74, 6) is 0.784. The van der Waals surface area contributed by atoms with E-state index < -0.39 is 0 Å². The molecule has 2 aromatic rings. The summed E-state index contributed by atoms with van der Waals surface area (Å²) in [7, 11) is 0. The lowest BCUT2D eigenvalue weighted by molar-refractivity contribution is 0.541. The third-order valence-corrected chi connectivity index (χ3v) is 3.35. The molecule has 2 rings (SSSR count). The number of hydrogen-bond acceptors (Lipinski definition) is 3. The standard InChI is InChI=1S/C15H18ClN3/c1-10-12(9-11-5-7-17-8-6-11)18-14(15(2,3)4)19-13(10)16/h5-8H,9H2,1-4H3. The van der Waals surface area contributed by atoms with Crippen molar-refractivity contribution in [2.24, 2.45) is 0 Å². The molecule has 0 aliphatic carbocycles. The predicted molar refractivity (Wildman–Crippen MR) is 77.5 cm³/mol. The van der Waals surface area contributed by atoms with Gasteiger partial charge in [0.05, 0.1) is 5.69 Å². The van der Waals surface area contributed by atoms with Crippen LogP contribution in [0, 0.1) is 6.92 Å². The molecule has 19 heavy (non-hydrogen) atoms. The zero-order valence-electron chi connectivity index (χ0n) is 11.7. The fourth-order valence-electron chi connectivity index (χ4n) is 1.73. The molecule has 2 aromatic heterocycles. The fourth-order valence-corrected chi connectivity index (χ4v) is 1.92. The molecule has 0 amide bonds. The van der Waals surface area contributed by atoms with E-state index in [-0.39, 0.29) is 5.41 Å². The van der Waals surface area contributed by atoms with Crippen molar-refractivity contribution < 1.29 is 0 Å². The number of pyridine rings is 1. The highest BCUT2D eigenvalue weighted by atomic mass is 35.5. The lowest BCUT2D eigenvalue weighted by Crippen LogP contribution is -2.18. The van der Waals surface area contributed by atoms with E-state index in [1.807, 2.05) is 19.1 Å². The third-order valence-electron chi connectivity index (χ3n) is 2.98. The van der Waals surface area contributed by atoms with Gasteiger partial charge in [0.15, 0.2) is 0 Å². The first kappa shape index (κ1) is 13.9. The van der Waals surface area contributed by atoms with Crippen LogP contribution in [0.15, 0.2) is 24.5 Å². The van der Waals surface area contributed by atoms with Crippen LogP contribution in [0.5, 0.6) is 0 Å². The molecule has 0 bridgehead atoms. The van der Waals surface area contributed by atoms with E-state index in [0.717, 1.165) is 23.5 Å². The summed E-state index contributed by atoms with van der Waals surface area (Å²) in [4.78, 5) is 13.1. The summed E-state index contributed by atoms with van der Waals surface area (Å²) >= 11 is 6.23. The highest BCUT2D eigenvalue weighted by Gasteiger charge is 2.20. The quantitative estimate of drug-likeness (QED) is 0.784. The summed E-state index contributed by atoms with van der Waals surface area (Å²) in [5, 5.41) is 0.545. The summed E-state index contributed by atoms with van der Waals surface area (Å²) in [6.45, 7) is 8.23. The molecule has 0 aromatic carbocycles. The Morgan fingerprint density at radius 2 is 1.74 bits per heavy atom. The van der Waals surface area contributed by atoms with Crippen molar-refractivity contribution >= 4 is 11.6 Å². The van der Waals surface area contributed by atoms with Gasteiger partial charge in [-0.05, 0) is 24.6 Å². The Labute approximate surface area is 119 Å². The van der Waals surface area contributed by atoms with Gasteiger partial charge in [0.2, 0.25) is 0 Å². The van der Waals surface area contributed by atoms with Gasteiger partial charge in [-0.15, -0.1) is 0 Å². The Kier molecular flexibility index (Phi) is 3.85. The van der Waals surface area contributed by atoms with Crippen LogP contribution >= 0.6 is 11.6 Å². The molecule has 0 aliphatic rings. The molecule has 0 spiro atoms. The second-order valence-electron chi connectivity index (χ2n) is 5.69. The van der Waals surface area contributed by atoms with Crippen LogP contribution in [0.2, 0.25) is 5.15 Å². The molecular weight excluding hydrogens is 258 g/mol. The number of hydrogen-bond donors (Lipinski definition) is 0. The smallest absolute Gasteiger partial charge is 0.135 e. The third kappa shape index (κ3) is 3.29. The maximum absolute atomic E-state index is 6.23. The van der Waals surface area contributed by atoms with Crippen LogP contribution in [-0.4, -0.2) is 15.0 Å². The van der Waals surface area contributed by atoms with Crippen LogP contribution in [0.3, 0.4) is 0 Å². The van der Waals surface area contributed by atoms with Crippen molar-refractivity contribution in [2.75, 3.05) is 0 Å². The van der Waals surface area contributed by atoms with E-state index in [4.69, 9.17) is 11.6 Å². The number of rotatable bonds is 2. The van der Waals surface area contributed by atoms with Gasteiger partial charge < -0.3 is 0 Å². The fraction of sp³-hybridized carbons (Fsp3) is 0.400. The van der Waals surface area contributed by atoms with Crippen molar-refractivity contribution in [2.45, 2.75) is 39.5 Å². The summed E-state index contributed by atoms with van der Waals surface area (Å²) in [6, 6.07) is 3.98. The van der Waals surface area contributed by atoms with Crippen molar-refractivity contribution in [3.63, 3.8) is 0 Å². The Morgan fingerprint density at radius 1 is 1.11 bits per heavy atom. The molecule has 4 heteroatoms. The van der Waals surface area contributed by atoms with Gasteiger partial charge in [-0.1, -0.05) is 32.4 Å². The number of aromatic nitrogens is 3. The van der Waals surface area contributed by atoms with E-state index >= 15 is 0 Å². The lowest BCUT2D eigenvalue weighted by atomic mass is 9.95. The second-order valence-corrected chi connectivity index (χ2v) is 6.05. The summed E-state index contributed by atoms with van der Waals surface area (Å²) in [5.41, 5.74) is 3.00. The van der Waals surface area contributed by atoms with Crippen LogP contribution in [-0.2, 0) is 11.8 Å². The molecule has 2 heterocycles. The van der Waals surface area contributed by atoms with Gasteiger partial charge in [-0.2, -0.15) is 0 Å². The molecule has 0 saturated heterocycles. The Morgan fingerprint density at radius 3 is 2.32 bits per heavy atom. The van der Waals surface area contributed by atoms with Gasteiger partial charge in [-0.3, -0.25) is 4.98 Å². The topological polar surface area (TPSA) is 38.7 Å². The zero-order valence-corrected chi connectivity index (χ0v) is 12.5. The van der Waals surface area contributed by atoms with Crippen molar-refractivity contribution in [1.82, 2.24) is 15.0 Å². The minimum atomic E-state index is -0.107. The van der Waals surface area contributed by atoms with Gasteiger partial charge in [0.25, 0.3) is 0 Å². The molecule has 3 nitrogen and oxygen atoms in total. The predicted octanol–water partition coefficient (Wildman–Crippen LogP) is 3.72. The first-order chi connectivity index (χ1) is 8.88. The van der Waals surface area contributed by atoms with Crippen molar-refractivity contribution in [1.29, 1.82) is 0 Å². The van der Waals surface area contributed by atoms with Gasteiger partial charge >= 0.3 is 0 Å². The highest BCUT2D eigenvalue weighted by Crippen LogP contribution is 2.24. The highest BCUT2D eigenvalue weighted by molar-refractivity contribution is 6.30. The molecule has 0 radical (unpaired) electrons. The average molecular weight is 276 g/mol. The largest absolute Gasteiger partial charge is 0.265 e. The molecule has 0 atom stereocenters. The van der Waals surface area contributed by atoms with Crippen molar-refractivity contribution in [3.05, 3.63) is 52.3 Å². The Bertz CT molecular complexity index is 574. The Balaban J connectivity index is 2.42. The number of halogens is 1. The molecule has 0 saturated carbocycles. The van der Waals surface area contributed by atoms with E-state index in [9.17, 15) is 0 Å². The minimum absolute atomic E-state index is 0.107. The Hall–Kier alpha value is -1.48. The normalized spacial score (nSPS) is 11.6. The molecule has 0 aliphatic heterocycles. The average Bonchev–Trinajstić information content (AvgIpc) is 2.34. The van der Waals surface area contributed by atoms with Crippen LogP contribution < -0.4 is 0 Å². The monoisotopic (exact) mass is 275 g/mol. The van der Waals surface area contributed by atoms with Crippen molar-refractivity contribution in [3.8, 4) is 0 Å². The van der Waals surface area contributed by atoms with E-state index in [0.29, 0.717) is 5.15 Å². The van der Waals surface area contributed by atoms with E-state index in [1.165, 1.54) is 5.56 Å². The summed E-state index contributed by atoms with van der Waals surface area (Å²) in [6.07, 6.45) is 4.33. The van der Waals surface area contributed by atoms with Gasteiger partial charge in [-0.25, -0.2) is 9.97 Å². The molecule has 0 unspecified atom stereocenters.